The second-order valence-corrected chi connectivity index (χ2v) is 5.65. The average Bonchev–Trinajstić information content (AvgIpc) is 2.90. The number of thiophene rings is 1. The molecule has 0 spiro atoms. The molecule has 2 rings (SSSR count). The van der Waals surface area contributed by atoms with Gasteiger partial charge in [0, 0.05) is 0 Å². The van der Waals surface area contributed by atoms with E-state index >= 15 is 0 Å². The van der Waals surface area contributed by atoms with Crippen LogP contribution in [0, 0.1) is 0 Å². The number of carbonyl (C=O) groups excluding carboxylic acids is 1. The normalized spacial score (nSPS) is 11.2. The fourth-order valence-electron chi connectivity index (χ4n) is 1.41. The van der Waals surface area contributed by atoms with Crippen LogP contribution in [0.15, 0.2) is 47.6 Å². The molecule has 2 aromatic rings. The molecule has 0 unspecified atom stereocenters. The van der Waals surface area contributed by atoms with Gasteiger partial charge in [0.15, 0.2) is 6.61 Å². The molecule has 0 aliphatic heterocycles. The van der Waals surface area contributed by atoms with Gasteiger partial charge >= 0.3 is 0 Å². The Morgan fingerprint density at radius 3 is 2.70 bits per heavy atom. The second-order valence-electron chi connectivity index (χ2n) is 3.94. The van der Waals surface area contributed by atoms with Gasteiger partial charge in [-0.05, 0) is 31.2 Å². The molecule has 1 aromatic heterocycles. The summed E-state index contributed by atoms with van der Waals surface area (Å²) in [5, 5.41) is 4.01. The highest BCUT2D eigenvalue weighted by Gasteiger charge is 2.04. The van der Waals surface area contributed by atoms with Crippen LogP contribution in [-0.4, -0.2) is 18.2 Å². The number of hydrogen-bond acceptors (Lipinski definition) is 4. The van der Waals surface area contributed by atoms with E-state index in [9.17, 15) is 4.79 Å². The molecule has 0 radical (unpaired) electrons. The maximum absolute atomic E-state index is 11.6. The maximum atomic E-state index is 11.6. The van der Waals surface area contributed by atoms with Crippen molar-refractivity contribution in [2.45, 2.75) is 6.92 Å². The number of para-hydroxylation sites is 1. The van der Waals surface area contributed by atoms with Crippen LogP contribution in [0.25, 0.3) is 0 Å². The SMILES string of the molecule is C/C(=N\NC(=O)COc1ccccc1)c1ccc(Cl)s1. The summed E-state index contributed by atoms with van der Waals surface area (Å²) < 4.78 is 6.00. The van der Waals surface area contributed by atoms with Crippen LogP contribution in [0.4, 0.5) is 0 Å². The van der Waals surface area contributed by atoms with E-state index in [1.807, 2.05) is 24.3 Å². The molecule has 1 amide bonds. The predicted molar refractivity (Wildman–Crippen MR) is 81.6 cm³/mol. The van der Waals surface area contributed by atoms with Crippen molar-refractivity contribution in [3.05, 3.63) is 51.7 Å². The Bertz CT molecular complexity index is 611. The number of amides is 1. The number of ether oxygens (including phenoxy) is 1. The van der Waals surface area contributed by atoms with Gasteiger partial charge in [0.2, 0.25) is 0 Å². The van der Waals surface area contributed by atoms with Crippen LogP contribution < -0.4 is 10.2 Å². The lowest BCUT2D eigenvalue weighted by molar-refractivity contribution is -0.123. The lowest BCUT2D eigenvalue weighted by Crippen LogP contribution is -2.25. The van der Waals surface area contributed by atoms with Crippen molar-refractivity contribution in [1.82, 2.24) is 5.43 Å². The summed E-state index contributed by atoms with van der Waals surface area (Å²) in [5.41, 5.74) is 3.15. The third-order valence-corrected chi connectivity index (χ3v) is 3.73. The molecule has 0 aliphatic carbocycles. The quantitative estimate of drug-likeness (QED) is 0.680. The number of nitrogens with zero attached hydrogens (tertiary/aromatic N) is 1. The molecule has 6 heteroatoms. The lowest BCUT2D eigenvalue weighted by Gasteiger charge is -2.04. The number of hydrazone groups is 1. The first-order valence-electron chi connectivity index (χ1n) is 5.92. The van der Waals surface area contributed by atoms with Gasteiger partial charge in [0.05, 0.1) is 14.9 Å². The van der Waals surface area contributed by atoms with Crippen LogP contribution in [0.3, 0.4) is 0 Å². The van der Waals surface area contributed by atoms with Gasteiger partial charge in [0.1, 0.15) is 5.75 Å². The highest BCUT2D eigenvalue weighted by molar-refractivity contribution is 7.18. The Morgan fingerprint density at radius 2 is 2.05 bits per heavy atom. The topological polar surface area (TPSA) is 50.7 Å². The summed E-state index contributed by atoms with van der Waals surface area (Å²) in [6.45, 7) is 1.73. The maximum Gasteiger partial charge on any atom is 0.277 e. The standard InChI is InChI=1S/C14H13ClN2O2S/c1-10(12-7-8-13(15)20-12)16-17-14(18)9-19-11-5-3-2-4-6-11/h2-8H,9H2,1H3,(H,17,18)/b16-10+. The van der Waals surface area contributed by atoms with E-state index in [2.05, 4.69) is 10.5 Å². The van der Waals surface area contributed by atoms with Crippen molar-refractivity contribution in [3.63, 3.8) is 0 Å². The van der Waals surface area contributed by atoms with Gasteiger partial charge in [0.25, 0.3) is 5.91 Å². The minimum atomic E-state index is -0.309. The predicted octanol–water partition coefficient (Wildman–Crippen LogP) is 3.32. The highest BCUT2D eigenvalue weighted by atomic mass is 35.5. The minimum absolute atomic E-state index is 0.0774. The molecule has 0 saturated heterocycles. The Kier molecular flexibility index (Phi) is 5.15. The lowest BCUT2D eigenvalue weighted by atomic mass is 10.3. The number of rotatable bonds is 5. The molecular formula is C14H13ClN2O2S. The fraction of sp³-hybridized carbons (Fsp3) is 0.143. The van der Waals surface area contributed by atoms with Crippen LogP contribution in [-0.2, 0) is 4.79 Å². The third-order valence-electron chi connectivity index (χ3n) is 2.39. The summed E-state index contributed by atoms with van der Waals surface area (Å²) in [6, 6.07) is 12.8. The fourth-order valence-corrected chi connectivity index (χ4v) is 2.40. The van der Waals surface area contributed by atoms with E-state index in [-0.39, 0.29) is 12.5 Å². The summed E-state index contributed by atoms with van der Waals surface area (Å²) in [5.74, 6) is 0.337. The highest BCUT2D eigenvalue weighted by Crippen LogP contribution is 2.21. The van der Waals surface area contributed by atoms with Gasteiger partial charge in [-0.3, -0.25) is 4.79 Å². The summed E-state index contributed by atoms with van der Waals surface area (Å²) in [4.78, 5) is 12.5. The first-order chi connectivity index (χ1) is 9.65. The average molecular weight is 309 g/mol. The second kappa shape index (κ2) is 7.07. The van der Waals surface area contributed by atoms with Gasteiger partial charge in [-0.25, -0.2) is 5.43 Å². The van der Waals surface area contributed by atoms with Gasteiger partial charge < -0.3 is 4.74 Å². The zero-order valence-corrected chi connectivity index (χ0v) is 12.4. The Balaban J connectivity index is 1.83. The zero-order chi connectivity index (χ0) is 14.4. The number of nitrogens with one attached hydrogen (secondary N) is 1. The van der Waals surface area contributed by atoms with Crippen molar-refractivity contribution in [2.75, 3.05) is 6.61 Å². The molecule has 0 bridgehead atoms. The Labute approximate surface area is 126 Å². The minimum Gasteiger partial charge on any atom is -0.484 e. The van der Waals surface area contributed by atoms with Crippen molar-refractivity contribution in [1.29, 1.82) is 0 Å². The Hall–Kier alpha value is -1.85. The van der Waals surface area contributed by atoms with Crippen LogP contribution in [0.5, 0.6) is 5.75 Å². The van der Waals surface area contributed by atoms with E-state index in [4.69, 9.17) is 16.3 Å². The Morgan fingerprint density at radius 1 is 1.30 bits per heavy atom. The van der Waals surface area contributed by atoms with E-state index in [1.54, 1.807) is 25.1 Å². The first-order valence-corrected chi connectivity index (χ1v) is 7.11. The molecule has 0 atom stereocenters. The first kappa shape index (κ1) is 14.6. The van der Waals surface area contributed by atoms with Crippen LogP contribution in [0.2, 0.25) is 4.34 Å². The molecule has 0 saturated carbocycles. The van der Waals surface area contributed by atoms with E-state index < -0.39 is 0 Å². The molecule has 1 heterocycles. The van der Waals surface area contributed by atoms with Crippen molar-refractivity contribution < 1.29 is 9.53 Å². The largest absolute Gasteiger partial charge is 0.484 e. The van der Waals surface area contributed by atoms with Crippen molar-refractivity contribution in [2.24, 2.45) is 5.10 Å². The molecule has 4 nitrogen and oxygen atoms in total. The van der Waals surface area contributed by atoms with E-state index in [0.717, 1.165) is 4.88 Å². The summed E-state index contributed by atoms with van der Waals surface area (Å²) in [7, 11) is 0. The van der Waals surface area contributed by atoms with E-state index in [1.165, 1.54) is 11.3 Å². The molecule has 0 fully saturated rings. The third kappa shape index (κ3) is 4.36. The van der Waals surface area contributed by atoms with Gasteiger partial charge in [-0.15, -0.1) is 11.3 Å². The summed E-state index contributed by atoms with van der Waals surface area (Å²) >= 11 is 7.25. The van der Waals surface area contributed by atoms with Crippen LogP contribution in [0.1, 0.15) is 11.8 Å². The number of carbonyl (C=O) groups is 1. The van der Waals surface area contributed by atoms with Gasteiger partial charge in [-0.1, -0.05) is 29.8 Å². The van der Waals surface area contributed by atoms with Gasteiger partial charge in [-0.2, -0.15) is 5.10 Å². The van der Waals surface area contributed by atoms with Crippen LogP contribution >= 0.6 is 22.9 Å². The number of hydrogen-bond donors (Lipinski definition) is 1. The monoisotopic (exact) mass is 308 g/mol. The molecule has 104 valence electrons. The molecule has 1 N–H and O–H groups in total. The number of benzene rings is 1. The molecular weight excluding hydrogens is 296 g/mol. The number of halogens is 1. The van der Waals surface area contributed by atoms with E-state index in [0.29, 0.717) is 15.8 Å². The van der Waals surface area contributed by atoms with Crippen molar-refractivity contribution in [3.8, 4) is 5.75 Å². The van der Waals surface area contributed by atoms with Crippen molar-refractivity contribution >= 4 is 34.6 Å². The summed E-state index contributed by atoms with van der Waals surface area (Å²) in [6.07, 6.45) is 0. The smallest absolute Gasteiger partial charge is 0.277 e. The molecule has 0 aliphatic rings. The molecule has 20 heavy (non-hydrogen) atoms. The molecule has 1 aromatic carbocycles. The zero-order valence-electron chi connectivity index (χ0n) is 10.8.